The van der Waals surface area contributed by atoms with Crippen molar-refractivity contribution in [1.29, 1.82) is 0 Å². The number of fused-ring (bicyclic) bond motifs is 1. The number of hydrogen-bond donors (Lipinski definition) is 0. The van der Waals surface area contributed by atoms with Crippen LogP contribution in [0.5, 0.6) is 0 Å². The van der Waals surface area contributed by atoms with E-state index < -0.39 is 0 Å². The molecule has 2 heterocycles. The zero-order chi connectivity index (χ0) is 16.2. The van der Waals surface area contributed by atoms with Gasteiger partial charge in [-0.2, -0.15) is 0 Å². The van der Waals surface area contributed by atoms with Crippen molar-refractivity contribution in [3.05, 3.63) is 24.3 Å². The molecule has 1 unspecified atom stereocenters. The highest BCUT2D eigenvalue weighted by atomic mass is 32.2. The second-order valence-electron chi connectivity index (χ2n) is 5.90. The van der Waals surface area contributed by atoms with Gasteiger partial charge in [-0.05, 0) is 25.5 Å². The van der Waals surface area contributed by atoms with E-state index in [1.807, 2.05) is 36.1 Å². The Labute approximate surface area is 141 Å². The second-order valence-corrected chi connectivity index (χ2v) is 6.92. The van der Waals surface area contributed by atoms with Crippen LogP contribution in [0.4, 0.5) is 5.69 Å². The van der Waals surface area contributed by atoms with Crippen molar-refractivity contribution in [2.75, 3.05) is 43.5 Å². The van der Waals surface area contributed by atoms with Crippen LogP contribution >= 0.6 is 11.8 Å². The van der Waals surface area contributed by atoms with Gasteiger partial charge >= 0.3 is 0 Å². The largest absolute Gasteiger partial charge is 0.381 e. The third kappa shape index (κ3) is 3.70. The highest BCUT2D eigenvalue weighted by Crippen LogP contribution is 2.34. The molecular formula is C17H22N2O3S. The number of rotatable bonds is 5. The van der Waals surface area contributed by atoms with Gasteiger partial charge in [0.1, 0.15) is 6.54 Å². The van der Waals surface area contributed by atoms with Gasteiger partial charge in [-0.25, -0.2) is 0 Å². The van der Waals surface area contributed by atoms with Crippen molar-refractivity contribution < 1.29 is 14.3 Å². The molecule has 124 valence electrons. The summed E-state index contributed by atoms with van der Waals surface area (Å²) in [5.74, 6) is 0.822. The van der Waals surface area contributed by atoms with E-state index in [0.717, 1.165) is 30.2 Å². The van der Waals surface area contributed by atoms with Crippen molar-refractivity contribution in [3.8, 4) is 0 Å². The SMILES string of the molecule is CCN(CC1CCOC1)C(=O)CN1C(=O)CSc2ccccc21. The summed E-state index contributed by atoms with van der Waals surface area (Å²) < 4.78 is 5.39. The summed E-state index contributed by atoms with van der Waals surface area (Å²) in [7, 11) is 0. The maximum atomic E-state index is 12.7. The molecule has 23 heavy (non-hydrogen) atoms. The lowest BCUT2D eigenvalue weighted by atomic mass is 10.1. The van der Waals surface area contributed by atoms with E-state index >= 15 is 0 Å². The fourth-order valence-electron chi connectivity index (χ4n) is 3.01. The van der Waals surface area contributed by atoms with Crippen LogP contribution in [-0.4, -0.2) is 55.3 Å². The van der Waals surface area contributed by atoms with Gasteiger partial charge in [0.2, 0.25) is 11.8 Å². The van der Waals surface area contributed by atoms with Crippen molar-refractivity contribution in [1.82, 2.24) is 4.90 Å². The zero-order valence-electron chi connectivity index (χ0n) is 13.4. The highest BCUT2D eigenvalue weighted by Gasteiger charge is 2.28. The lowest BCUT2D eigenvalue weighted by Crippen LogP contribution is -2.46. The maximum absolute atomic E-state index is 12.7. The quantitative estimate of drug-likeness (QED) is 0.826. The Morgan fingerprint density at radius 3 is 3.00 bits per heavy atom. The van der Waals surface area contributed by atoms with Gasteiger partial charge in [0.25, 0.3) is 0 Å². The molecule has 1 aromatic carbocycles. The summed E-state index contributed by atoms with van der Waals surface area (Å²) in [6.07, 6.45) is 1.01. The number of anilines is 1. The Balaban J connectivity index is 1.69. The summed E-state index contributed by atoms with van der Waals surface area (Å²) in [6, 6.07) is 7.77. The molecule has 0 bridgehead atoms. The molecule has 1 aromatic rings. The Morgan fingerprint density at radius 1 is 1.43 bits per heavy atom. The number of likely N-dealkylation sites (N-methyl/N-ethyl adjacent to an activating group) is 1. The minimum Gasteiger partial charge on any atom is -0.381 e. The second kappa shape index (κ2) is 7.36. The monoisotopic (exact) mass is 334 g/mol. The van der Waals surface area contributed by atoms with Gasteiger partial charge in [0.15, 0.2) is 0 Å². The number of thioether (sulfide) groups is 1. The lowest BCUT2D eigenvalue weighted by molar-refractivity contribution is -0.131. The minimum absolute atomic E-state index is 0.00213. The maximum Gasteiger partial charge on any atom is 0.242 e. The number of carbonyl (C=O) groups is 2. The van der Waals surface area contributed by atoms with Crippen LogP contribution in [0.2, 0.25) is 0 Å². The molecule has 0 aromatic heterocycles. The molecule has 0 radical (unpaired) electrons. The van der Waals surface area contributed by atoms with Crippen LogP contribution in [-0.2, 0) is 14.3 Å². The fourth-order valence-corrected chi connectivity index (χ4v) is 3.94. The predicted molar refractivity (Wildman–Crippen MR) is 90.7 cm³/mol. The predicted octanol–water partition coefficient (Wildman–Crippen LogP) is 2.01. The molecule has 1 fully saturated rings. The van der Waals surface area contributed by atoms with E-state index in [-0.39, 0.29) is 18.4 Å². The molecule has 0 saturated carbocycles. The molecule has 5 nitrogen and oxygen atoms in total. The molecule has 0 aliphatic carbocycles. The minimum atomic E-state index is 0.00213. The first-order valence-electron chi connectivity index (χ1n) is 8.06. The van der Waals surface area contributed by atoms with E-state index in [9.17, 15) is 9.59 Å². The van der Waals surface area contributed by atoms with Crippen LogP contribution in [0.15, 0.2) is 29.2 Å². The molecular weight excluding hydrogens is 312 g/mol. The molecule has 0 N–H and O–H groups in total. The van der Waals surface area contributed by atoms with Gasteiger partial charge in [-0.15, -0.1) is 11.8 Å². The van der Waals surface area contributed by atoms with Crippen LogP contribution in [0.1, 0.15) is 13.3 Å². The average molecular weight is 334 g/mol. The Kier molecular flexibility index (Phi) is 5.23. The third-order valence-corrected chi connectivity index (χ3v) is 5.39. The Morgan fingerprint density at radius 2 is 2.26 bits per heavy atom. The highest BCUT2D eigenvalue weighted by molar-refractivity contribution is 8.00. The summed E-state index contributed by atoms with van der Waals surface area (Å²) >= 11 is 1.54. The standard InChI is InChI=1S/C17H22N2O3S/c1-2-18(9-13-7-8-22-11-13)16(20)10-19-14-5-3-4-6-15(14)23-12-17(19)21/h3-6,13H,2,7-12H2,1H3. The number of amides is 2. The van der Waals surface area contributed by atoms with Gasteiger partial charge in [-0.1, -0.05) is 12.1 Å². The van der Waals surface area contributed by atoms with E-state index in [4.69, 9.17) is 4.74 Å². The smallest absolute Gasteiger partial charge is 0.242 e. The Hall–Kier alpha value is -1.53. The van der Waals surface area contributed by atoms with Crippen LogP contribution in [0.25, 0.3) is 0 Å². The first-order valence-corrected chi connectivity index (χ1v) is 9.05. The zero-order valence-corrected chi connectivity index (χ0v) is 14.2. The van der Waals surface area contributed by atoms with E-state index in [1.54, 1.807) is 4.90 Å². The van der Waals surface area contributed by atoms with Gasteiger partial charge in [0.05, 0.1) is 18.0 Å². The van der Waals surface area contributed by atoms with Gasteiger partial charge < -0.3 is 14.5 Å². The normalized spacial score (nSPS) is 20.5. The molecule has 2 aliphatic rings. The summed E-state index contributed by atoms with van der Waals surface area (Å²) in [4.78, 5) is 29.5. The van der Waals surface area contributed by atoms with Crippen LogP contribution < -0.4 is 4.90 Å². The first kappa shape index (κ1) is 16.3. The number of carbonyl (C=O) groups excluding carboxylic acids is 2. The number of benzene rings is 1. The first-order chi connectivity index (χ1) is 11.2. The molecule has 1 saturated heterocycles. The van der Waals surface area contributed by atoms with Crippen molar-refractivity contribution in [3.63, 3.8) is 0 Å². The number of para-hydroxylation sites is 1. The Bertz CT molecular complexity index is 587. The molecule has 3 rings (SSSR count). The van der Waals surface area contributed by atoms with Crippen LogP contribution in [0.3, 0.4) is 0 Å². The summed E-state index contributed by atoms with van der Waals surface area (Å²) in [5.41, 5.74) is 0.849. The molecule has 0 spiro atoms. The number of hydrogen-bond acceptors (Lipinski definition) is 4. The molecule has 1 atom stereocenters. The molecule has 2 aliphatic heterocycles. The van der Waals surface area contributed by atoms with E-state index in [0.29, 0.717) is 24.8 Å². The van der Waals surface area contributed by atoms with Gasteiger partial charge in [0, 0.05) is 30.5 Å². The average Bonchev–Trinajstić information content (AvgIpc) is 3.08. The number of nitrogens with zero attached hydrogens (tertiary/aromatic N) is 2. The van der Waals surface area contributed by atoms with Crippen LogP contribution in [0, 0.1) is 5.92 Å². The molecule has 6 heteroatoms. The van der Waals surface area contributed by atoms with Crippen molar-refractivity contribution in [2.45, 2.75) is 18.2 Å². The molecule has 2 amide bonds. The fraction of sp³-hybridized carbons (Fsp3) is 0.529. The summed E-state index contributed by atoms with van der Waals surface area (Å²) in [5, 5.41) is 0. The van der Waals surface area contributed by atoms with E-state index in [1.165, 1.54) is 11.8 Å². The number of ether oxygens (including phenoxy) is 1. The van der Waals surface area contributed by atoms with E-state index in [2.05, 4.69) is 0 Å². The lowest BCUT2D eigenvalue weighted by Gasteiger charge is -2.31. The topological polar surface area (TPSA) is 49.9 Å². The van der Waals surface area contributed by atoms with Crippen molar-refractivity contribution in [2.24, 2.45) is 5.92 Å². The third-order valence-electron chi connectivity index (χ3n) is 4.34. The van der Waals surface area contributed by atoms with Gasteiger partial charge in [-0.3, -0.25) is 9.59 Å². The van der Waals surface area contributed by atoms with Crippen molar-refractivity contribution >= 4 is 29.3 Å². The summed E-state index contributed by atoms with van der Waals surface area (Å²) in [6.45, 7) is 4.99.